The molecule has 3 rings (SSSR count). The standard InChI is InChI=1S/C12H5N5S/c13-5-9-10(6-14)17(7-15-9)12-16-8-3-1-2-4-11(8)18-12/h1-4,7H. The van der Waals surface area contributed by atoms with Crippen molar-refractivity contribution in [3.63, 3.8) is 0 Å². The Hall–Kier alpha value is -2.70. The summed E-state index contributed by atoms with van der Waals surface area (Å²) in [4.78, 5) is 8.32. The molecule has 18 heavy (non-hydrogen) atoms. The molecule has 0 atom stereocenters. The summed E-state index contributed by atoms with van der Waals surface area (Å²) in [6.07, 6.45) is 1.45. The molecule has 0 amide bonds. The van der Waals surface area contributed by atoms with E-state index in [1.807, 2.05) is 36.4 Å². The minimum atomic E-state index is 0.122. The third-order valence-corrected chi connectivity index (χ3v) is 3.50. The molecule has 0 saturated heterocycles. The van der Waals surface area contributed by atoms with Crippen LogP contribution in [0.3, 0.4) is 0 Å². The average molecular weight is 251 g/mol. The van der Waals surface area contributed by atoms with Crippen LogP contribution in [0.15, 0.2) is 30.6 Å². The van der Waals surface area contributed by atoms with E-state index in [9.17, 15) is 0 Å². The van der Waals surface area contributed by atoms with Crippen LogP contribution in [-0.2, 0) is 0 Å². The zero-order chi connectivity index (χ0) is 12.5. The molecule has 3 aromatic rings. The first-order chi connectivity index (χ1) is 8.83. The van der Waals surface area contributed by atoms with E-state index in [4.69, 9.17) is 10.5 Å². The Morgan fingerprint density at radius 2 is 2.00 bits per heavy atom. The van der Waals surface area contributed by atoms with Gasteiger partial charge in [-0.1, -0.05) is 23.5 Å². The van der Waals surface area contributed by atoms with Crippen molar-refractivity contribution in [2.24, 2.45) is 0 Å². The lowest BCUT2D eigenvalue weighted by Crippen LogP contribution is -1.95. The van der Waals surface area contributed by atoms with Gasteiger partial charge in [0.15, 0.2) is 16.5 Å². The Morgan fingerprint density at radius 1 is 1.17 bits per heavy atom. The quantitative estimate of drug-likeness (QED) is 0.664. The molecule has 6 heteroatoms. The number of rotatable bonds is 1. The Balaban J connectivity index is 2.24. The minimum absolute atomic E-state index is 0.122. The van der Waals surface area contributed by atoms with E-state index < -0.39 is 0 Å². The van der Waals surface area contributed by atoms with Crippen LogP contribution < -0.4 is 0 Å². The van der Waals surface area contributed by atoms with E-state index in [-0.39, 0.29) is 11.4 Å². The zero-order valence-corrected chi connectivity index (χ0v) is 9.85. The number of hydrogen-bond acceptors (Lipinski definition) is 5. The maximum atomic E-state index is 9.07. The normalized spacial score (nSPS) is 10.1. The first-order valence-electron chi connectivity index (χ1n) is 5.07. The molecule has 0 aliphatic heterocycles. The van der Waals surface area contributed by atoms with Crippen LogP contribution in [0.2, 0.25) is 0 Å². The second-order valence-electron chi connectivity index (χ2n) is 3.50. The second kappa shape index (κ2) is 3.95. The van der Waals surface area contributed by atoms with Crippen molar-refractivity contribution in [3.05, 3.63) is 42.0 Å². The van der Waals surface area contributed by atoms with Crippen molar-refractivity contribution in [2.75, 3.05) is 0 Å². The fourth-order valence-electron chi connectivity index (χ4n) is 1.65. The molecule has 0 bridgehead atoms. The monoisotopic (exact) mass is 251 g/mol. The third kappa shape index (κ3) is 1.45. The highest BCUT2D eigenvalue weighted by Gasteiger charge is 2.14. The van der Waals surface area contributed by atoms with Crippen LogP contribution in [0.1, 0.15) is 11.4 Å². The van der Waals surface area contributed by atoms with Gasteiger partial charge in [0.05, 0.1) is 10.2 Å². The Bertz CT molecular complexity index is 782. The van der Waals surface area contributed by atoms with Gasteiger partial charge in [0, 0.05) is 0 Å². The Morgan fingerprint density at radius 3 is 2.72 bits per heavy atom. The van der Waals surface area contributed by atoms with Crippen molar-refractivity contribution < 1.29 is 0 Å². The number of thiazole rings is 1. The van der Waals surface area contributed by atoms with Gasteiger partial charge in [-0.3, -0.25) is 4.57 Å². The van der Waals surface area contributed by atoms with Crippen LogP contribution in [0.25, 0.3) is 15.3 Å². The van der Waals surface area contributed by atoms with E-state index in [2.05, 4.69) is 9.97 Å². The van der Waals surface area contributed by atoms with Gasteiger partial charge >= 0.3 is 0 Å². The lowest BCUT2D eigenvalue weighted by molar-refractivity contribution is 1.02. The predicted octanol–water partition coefficient (Wildman–Crippen LogP) is 2.23. The van der Waals surface area contributed by atoms with Crippen LogP contribution in [-0.4, -0.2) is 14.5 Å². The number of benzene rings is 1. The summed E-state index contributed by atoms with van der Waals surface area (Å²) in [7, 11) is 0. The fraction of sp³-hybridized carbons (Fsp3) is 0. The maximum Gasteiger partial charge on any atom is 0.197 e. The van der Waals surface area contributed by atoms with Gasteiger partial charge in [-0.2, -0.15) is 10.5 Å². The first-order valence-corrected chi connectivity index (χ1v) is 5.88. The first kappa shape index (κ1) is 10.5. The molecule has 0 spiro atoms. The third-order valence-electron chi connectivity index (χ3n) is 2.47. The molecule has 84 valence electrons. The minimum Gasteiger partial charge on any atom is -0.264 e. The van der Waals surface area contributed by atoms with Gasteiger partial charge in [-0.25, -0.2) is 9.97 Å². The highest BCUT2D eigenvalue weighted by Crippen LogP contribution is 2.25. The topological polar surface area (TPSA) is 78.3 Å². The van der Waals surface area contributed by atoms with Gasteiger partial charge in [0.2, 0.25) is 0 Å². The molecule has 0 unspecified atom stereocenters. The summed E-state index contributed by atoms with van der Waals surface area (Å²) in [6, 6.07) is 11.6. The molecule has 2 aromatic heterocycles. The highest BCUT2D eigenvalue weighted by molar-refractivity contribution is 7.20. The average Bonchev–Trinajstić information content (AvgIpc) is 3.00. The molecule has 0 fully saturated rings. The number of nitrogens with zero attached hydrogens (tertiary/aromatic N) is 5. The SMILES string of the molecule is N#Cc1ncn(-c2nc3ccccc3s2)c1C#N. The smallest absolute Gasteiger partial charge is 0.197 e. The van der Waals surface area contributed by atoms with Crippen molar-refractivity contribution >= 4 is 21.6 Å². The van der Waals surface area contributed by atoms with Crippen LogP contribution in [0.5, 0.6) is 0 Å². The van der Waals surface area contributed by atoms with Gasteiger partial charge in [-0.15, -0.1) is 0 Å². The van der Waals surface area contributed by atoms with Gasteiger partial charge < -0.3 is 0 Å². The molecule has 2 heterocycles. The summed E-state index contributed by atoms with van der Waals surface area (Å²) in [6.45, 7) is 0. The molecule has 0 aliphatic rings. The number of imidazole rings is 1. The van der Waals surface area contributed by atoms with Crippen molar-refractivity contribution in [1.82, 2.24) is 14.5 Å². The van der Waals surface area contributed by atoms with E-state index in [0.29, 0.717) is 5.13 Å². The van der Waals surface area contributed by atoms with Crippen LogP contribution in [0.4, 0.5) is 0 Å². The fourth-order valence-corrected chi connectivity index (χ4v) is 2.59. The number of para-hydroxylation sites is 1. The largest absolute Gasteiger partial charge is 0.264 e. The summed E-state index contributed by atoms with van der Waals surface area (Å²) < 4.78 is 2.58. The number of nitriles is 2. The van der Waals surface area contributed by atoms with E-state index in [0.717, 1.165) is 10.2 Å². The molecule has 0 saturated carbocycles. The van der Waals surface area contributed by atoms with Crippen molar-refractivity contribution in [3.8, 4) is 17.3 Å². The van der Waals surface area contributed by atoms with Gasteiger partial charge in [-0.05, 0) is 12.1 Å². The molecule has 5 nitrogen and oxygen atoms in total. The van der Waals surface area contributed by atoms with E-state index in [1.54, 1.807) is 4.57 Å². The number of hydrogen-bond donors (Lipinski definition) is 0. The lowest BCUT2D eigenvalue weighted by atomic mass is 10.3. The summed E-state index contributed by atoms with van der Waals surface area (Å²) >= 11 is 1.46. The van der Waals surface area contributed by atoms with Crippen molar-refractivity contribution in [2.45, 2.75) is 0 Å². The number of aromatic nitrogens is 3. The molecule has 0 aliphatic carbocycles. The Labute approximate surface area is 106 Å². The summed E-state index contributed by atoms with van der Waals surface area (Å²) in [5, 5.41) is 18.6. The summed E-state index contributed by atoms with van der Waals surface area (Å²) in [5.41, 5.74) is 1.21. The van der Waals surface area contributed by atoms with E-state index >= 15 is 0 Å². The lowest BCUT2D eigenvalue weighted by Gasteiger charge is -1.95. The Kier molecular flexibility index (Phi) is 2.30. The van der Waals surface area contributed by atoms with Crippen molar-refractivity contribution in [1.29, 1.82) is 10.5 Å². The molecule has 0 N–H and O–H groups in total. The number of fused-ring (bicyclic) bond motifs is 1. The molecular formula is C12H5N5S. The molecular weight excluding hydrogens is 246 g/mol. The summed E-state index contributed by atoms with van der Waals surface area (Å²) in [5.74, 6) is 0. The van der Waals surface area contributed by atoms with Crippen LogP contribution >= 0.6 is 11.3 Å². The zero-order valence-electron chi connectivity index (χ0n) is 9.03. The molecule has 1 aromatic carbocycles. The van der Waals surface area contributed by atoms with E-state index in [1.165, 1.54) is 17.7 Å². The van der Waals surface area contributed by atoms with Crippen LogP contribution in [0, 0.1) is 22.7 Å². The predicted molar refractivity (Wildman–Crippen MR) is 66.2 cm³/mol. The maximum absolute atomic E-state index is 9.07. The second-order valence-corrected chi connectivity index (χ2v) is 4.51. The van der Waals surface area contributed by atoms with Gasteiger partial charge in [0.25, 0.3) is 0 Å². The molecule has 0 radical (unpaired) electrons. The van der Waals surface area contributed by atoms with Gasteiger partial charge in [0.1, 0.15) is 18.5 Å². The highest BCUT2D eigenvalue weighted by atomic mass is 32.1.